The van der Waals surface area contributed by atoms with Gasteiger partial charge >= 0.3 is 0 Å². The normalized spacial score (nSPS) is 10.0. The lowest BCUT2D eigenvalue weighted by molar-refractivity contribution is -0.123. The van der Waals surface area contributed by atoms with Crippen LogP contribution in [0.3, 0.4) is 0 Å². The molecule has 20 heavy (non-hydrogen) atoms. The molecule has 1 amide bonds. The fourth-order valence-electron chi connectivity index (χ4n) is 1.51. The number of rotatable bonds is 6. The number of nitrogens with one attached hydrogen (secondary N) is 1. The molecule has 3 N–H and O–H groups in total. The van der Waals surface area contributed by atoms with Gasteiger partial charge in [-0.25, -0.2) is 0 Å². The van der Waals surface area contributed by atoms with E-state index in [0.717, 1.165) is 11.1 Å². The van der Waals surface area contributed by atoms with Gasteiger partial charge in [0.1, 0.15) is 10.7 Å². The summed E-state index contributed by atoms with van der Waals surface area (Å²) in [5.41, 5.74) is 7.36. The molecule has 0 radical (unpaired) electrons. The Bertz CT molecular complexity index is 580. The van der Waals surface area contributed by atoms with Crippen LogP contribution in [0.25, 0.3) is 0 Å². The molecule has 0 spiro atoms. The van der Waals surface area contributed by atoms with Gasteiger partial charge in [-0.05, 0) is 46.7 Å². The maximum atomic E-state index is 11.6. The Balaban J connectivity index is 1.76. The van der Waals surface area contributed by atoms with Gasteiger partial charge in [0.15, 0.2) is 6.61 Å². The van der Waals surface area contributed by atoms with Crippen molar-refractivity contribution in [2.75, 3.05) is 6.61 Å². The minimum absolute atomic E-state index is 0.0173. The number of ether oxygens (including phenoxy) is 1. The number of carbonyl (C=O) groups excluding carboxylic acids is 1. The van der Waals surface area contributed by atoms with Crippen molar-refractivity contribution in [1.82, 2.24) is 5.32 Å². The second-order valence-electron chi connectivity index (χ2n) is 4.09. The Kier molecular flexibility index (Phi) is 5.09. The van der Waals surface area contributed by atoms with Gasteiger partial charge in [0, 0.05) is 12.1 Å². The molecule has 2 aromatic rings. The zero-order valence-electron chi connectivity index (χ0n) is 10.7. The van der Waals surface area contributed by atoms with Crippen LogP contribution in [0.5, 0.6) is 5.75 Å². The third kappa shape index (κ3) is 4.32. The molecule has 0 saturated carbocycles. The van der Waals surface area contributed by atoms with E-state index >= 15 is 0 Å². The summed E-state index contributed by atoms with van der Waals surface area (Å²) in [6.07, 6.45) is 0. The molecule has 0 atom stereocenters. The monoisotopic (exact) mass is 306 g/mol. The average molecular weight is 306 g/mol. The largest absolute Gasteiger partial charge is 0.484 e. The lowest BCUT2D eigenvalue weighted by Gasteiger charge is -2.07. The van der Waals surface area contributed by atoms with Crippen LogP contribution < -0.4 is 15.8 Å². The molecule has 1 heterocycles. The molecular weight excluding hydrogens is 292 g/mol. The molecule has 0 aliphatic carbocycles. The van der Waals surface area contributed by atoms with Gasteiger partial charge in [0.05, 0.1) is 0 Å². The van der Waals surface area contributed by atoms with Crippen LogP contribution in [-0.2, 0) is 11.3 Å². The number of thiophene rings is 1. The predicted molar refractivity (Wildman–Crippen MR) is 84.0 cm³/mol. The van der Waals surface area contributed by atoms with Gasteiger partial charge in [-0.2, -0.15) is 11.3 Å². The Labute approximate surface area is 126 Å². The minimum atomic E-state index is -0.158. The van der Waals surface area contributed by atoms with Crippen molar-refractivity contribution in [3.05, 3.63) is 52.2 Å². The smallest absolute Gasteiger partial charge is 0.258 e. The summed E-state index contributed by atoms with van der Waals surface area (Å²) in [7, 11) is 0. The van der Waals surface area contributed by atoms with E-state index in [1.54, 1.807) is 35.6 Å². The highest BCUT2D eigenvalue weighted by atomic mass is 32.1. The van der Waals surface area contributed by atoms with E-state index in [2.05, 4.69) is 5.32 Å². The number of benzene rings is 1. The number of thiocarbonyl (C=S) groups is 1. The predicted octanol–water partition coefficient (Wildman–Crippen LogP) is 2.08. The minimum Gasteiger partial charge on any atom is -0.484 e. The van der Waals surface area contributed by atoms with Gasteiger partial charge in [0.25, 0.3) is 5.91 Å². The van der Waals surface area contributed by atoms with Crippen molar-refractivity contribution < 1.29 is 9.53 Å². The maximum absolute atomic E-state index is 11.6. The highest BCUT2D eigenvalue weighted by Gasteiger charge is 2.03. The summed E-state index contributed by atoms with van der Waals surface area (Å²) < 4.78 is 5.38. The first-order valence-corrected chi connectivity index (χ1v) is 7.30. The molecule has 1 aromatic heterocycles. The van der Waals surface area contributed by atoms with Crippen molar-refractivity contribution in [2.24, 2.45) is 5.73 Å². The molecule has 0 unspecified atom stereocenters. The van der Waals surface area contributed by atoms with E-state index < -0.39 is 0 Å². The number of carbonyl (C=O) groups is 1. The van der Waals surface area contributed by atoms with Crippen LogP contribution in [0.2, 0.25) is 0 Å². The number of hydrogen-bond acceptors (Lipinski definition) is 4. The van der Waals surface area contributed by atoms with E-state index in [1.165, 1.54) is 0 Å². The molecule has 1 aromatic carbocycles. The van der Waals surface area contributed by atoms with Gasteiger partial charge in [0.2, 0.25) is 0 Å². The summed E-state index contributed by atoms with van der Waals surface area (Å²) in [6.45, 7) is 0.503. The molecule has 6 heteroatoms. The van der Waals surface area contributed by atoms with Crippen molar-refractivity contribution in [2.45, 2.75) is 6.54 Å². The molecular formula is C14H14N2O2S2. The van der Waals surface area contributed by atoms with Crippen molar-refractivity contribution in [1.29, 1.82) is 0 Å². The fraction of sp³-hybridized carbons (Fsp3) is 0.143. The third-order valence-electron chi connectivity index (χ3n) is 2.58. The van der Waals surface area contributed by atoms with Crippen molar-refractivity contribution in [3.8, 4) is 5.75 Å². The molecule has 0 saturated heterocycles. The summed E-state index contributed by atoms with van der Waals surface area (Å²) in [5.74, 6) is 0.449. The van der Waals surface area contributed by atoms with Crippen LogP contribution in [0, 0.1) is 0 Å². The molecule has 0 fully saturated rings. The lowest BCUT2D eigenvalue weighted by atomic mass is 10.2. The van der Waals surface area contributed by atoms with Crippen LogP contribution in [0.4, 0.5) is 0 Å². The molecule has 2 rings (SSSR count). The molecule has 0 bridgehead atoms. The average Bonchev–Trinajstić information content (AvgIpc) is 2.96. The van der Waals surface area contributed by atoms with Crippen molar-refractivity contribution in [3.63, 3.8) is 0 Å². The lowest BCUT2D eigenvalue weighted by Crippen LogP contribution is -2.28. The van der Waals surface area contributed by atoms with Gasteiger partial charge in [-0.3, -0.25) is 4.79 Å². The highest BCUT2D eigenvalue weighted by molar-refractivity contribution is 7.80. The van der Waals surface area contributed by atoms with Crippen LogP contribution in [0.15, 0.2) is 41.1 Å². The fourth-order valence-corrected chi connectivity index (χ4v) is 2.31. The Morgan fingerprint density at radius 3 is 2.65 bits per heavy atom. The quantitative estimate of drug-likeness (QED) is 0.802. The SMILES string of the molecule is NC(=S)c1ccc(OCC(=O)NCc2ccsc2)cc1. The van der Waals surface area contributed by atoms with E-state index in [1.807, 2.05) is 16.8 Å². The summed E-state index contributed by atoms with van der Waals surface area (Å²) in [4.78, 5) is 12.0. The van der Waals surface area contributed by atoms with Crippen LogP contribution in [-0.4, -0.2) is 17.5 Å². The van der Waals surface area contributed by atoms with E-state index in [0.29, 0.717) is 17.3 Å². The summed E-state index contributed by atoms with van der Waals surface area (Å²) in [6, 6.07) is 8.98. The molecule has 4 nitrogen and oxygen atoms in total. The molecule has 104 valence electrons. The Hall–Kier alpha value is -1.92. The number of nitrogens with two attached hydrogens (primary N) is 1. The Morgan fingerprint density at radius 2 is 2.05 bits per heavy atom. The third-order valence-corrected chi connectivity index (χ3v) is 3.55. The van der Waals surface area contributed by atoms with Gasteiger partial charge in [-0.1, -0.05) is 12.2 Å². The standard InChI is InChI=1S/C14H14N2O2S2/c15-14(19)11-1-3-12(4-2-11)18-8-13(17)16-7-10-5-6-20-9-10/h1-6,9H,7-8H2,(H2,15,19)(H,16,17). The number of hydrogen-bond donors (Lipinski definition) is 2. The van der Waals surface area contributed by atoms with E-state index in [-0.39, 0.29) is 12.5 Å². The summed E-state index contributed by atoms with van der Waals surface area (Å²) in [5, 5.41) is 6.76. The molecule has 0 aliphatic heterocycles. The van der Waals surface area contributed by atoms with Crippen LogP contribution in [0.1, 0.15) is 11.1 Å². The number of amides is 1. The first kappa shape index (κ1) is 14.5. The summed E-state index contributed by atoms with van der Waals surface area (Å²) >= 11 is 6.46. The van der Waals surface area contributed by atoms with Gasteiger partial charge in [-0.15, -0.1) is 0 Å². The van der Waals surface area contributed by atoms with Gasteiger partial charge < -0.3 is 15.8 Å². The highest BCUT2D eigenvalue weighted by Crippen LogP contribution is 2.12. The van der Waals surface area contributed by atoms with Crippen LogP contribution >= 0.6 is 23.6 Å². The zero-order chi connectivity index (χ0) is 14.4. The van der Waals surface area contributed by atoms with Crippen molar-refractivity contribution >= 4 is 34.5 Å². The van der Waals surface area contributed by atoms with E-state index in [9.17, 15) is 4.79 Å². The molecule has 0 aliphatic rings. The maximum Gasteiger partial charge on any atom is 0.258 e. The first-order chi connectivity index (χ1) is 9.65. The topological polar surface area (TPSA) is 64.3 Å². The first-order valence-electron chi connectivity index (χ1n) is 5.95. The second kappa shape index (κ2) is 7.02. The zero-order valence-corrected chi connectivity index (χ0v) is 12.3. The van der Waals surface area contributed by atoms with E-state index in [4.69, 9.17) is 22.7 Å². The Morgan fingerprint density at radius 1 is 1.30 bits per heavy atom. The second-order valence-corrected chi connectivity index (χ2v) is 5.31.